The molecule has 0 rings (SSSR count). The summed E-state index contributed by atoms with van der Waals surface area (Å²) in [6.07, 6.45) is -2.85. The molecule has 0 aromatic heterocycles. The van der Waals surface area contributed by atoms with E-state index in [2.05, 4.69) is 15.9 Å². The van der Waals surface area contributed by atoms with E-state index in [-0.39, 0.29) is 0 Å². The van der Waals surface area contributed by atoms with Gasteiger partial charge in [0.25, 0.3) is 0 Å². The van der Waals surface area contributed by atoms with E-state index in [0.717, 1.165) is 0 Å². The smallest absolute Gasteiger partial charge is 0.199 e. The molecule has 0 saturated carbocycles. The molecule has 0 aliphatic heterocycles. The van der Waals surface area contributed by atoms with Gasteiger partial charge in [-0.2, -0.15) is 17.6 Å². The maximum atomic E-state index is 11.4. The summed E-state index contributed by atoms with van der Waals surface area (Å²) >= 11 is 2.22. The van der Waals surface area contributed by atoms with Gasteiger partial charge in [-0.1, -0.05) is 15.9 Å². The molecular weight excluding hydrogens is 192 g/mol. The minimum atomic E-state index is -3.96. The molecule has 0 bridgehead atoms. The Morgan fingerprint density at radius 2 is 1.75 bits per heavy atom. The highest BCUT2D eigenvalue weighted by Gasteiger charge is 2.41. The molecule has 0 atom stereocenters. The van der Waals surface area contributed by atoms with Gasteiger partial charge in [-0.3, -0.25) is 0 Å². The van der Waals surface area contributed by atoms with Crippen molar-refractivity contribution >= 4 is 15.9 Å². The van der Waals surface area contributed by atoms with Crippen LogP contribution in [0.25, 0.3) is 0 Å². The quantitative estimate of drug-likeness (QED) is 0.467. The highest BCUT2D eigenvalue weighted by atomic mass is 79.9. The fraction of sp³-hybridized carbons (Fsp3) is 0.667. The first-order valence-corrected chi connectivity index (χ1v) is 2.75. The van der Waals surface area contributed by atoms with Crippen LogP contribution in [0.1, 0.15) is 0 Å². The second-order valence-electron chi connectivity index (χ2n) is 1.10. The van der Waals surface area contributed by atoms with Gasteiger partial charge >= 0.3 is 12.3 Å². The second kappa shape index (κ2) is 2.66. The summed E-state index contributed by atoms with van der Waals surface area (Å²) in [6.45, 7) is 0. The number of halogens is 5. The van der Waals surface area contributed by atoms with Crippen LogP contribution >= 0.6 is 15.9 Å². The normalized spacial score (nSPS) is 12.8. The fourth-order valence-corrected chi connectivity index (χ4v) is 0.262. The van der Waals surface area contributed by atoms with Gasteiger partial charge in [0, 0.05) is 0 Å². The lowest BCUT2D eigenvalue weighted by atomic mass is 10.4. The highest BCUT2D eigenvalue weighted by molar-refractivity contribution is 9.09. The van der Waals surface area contributed by atoms with E-state index in [1.165, 1.54) is 0 Å². The van der Waals surface area contributed by atoms with Crippen LogP contribution in [-0.2, 0) is 0 Å². The summed E-state index contributed by atoms with van der Waals surface area (Å²) < 4.78 is 44.8. The molecule has 0 aliphatic carbocycles. The zero-order valence-electron chi connectivity index (χ0n) is 3.60. The van der Waals surface area contributed by atoms with Gasteiger partial charge in [-0.15, -0.1) is 0 Å². The van der Waals surface area contributed by atoms with Crippen LogP contribution in [0.15, 0.2) is 0 Å². The average molecular weight is 194 g/mol. The molecule has 0 fully saturated rings. The number of hydrogen-bond acceptors (Lipinski definition) is 0. The summed E-state index contributed by atoms with van der Waals surface area (Å²) in [7, 11) is 0. The van der Waals surface area contributed by atoms with E-state index >= 15 is 0 Å². The SMILES string of the molecule is F[C](F)C(F)(F)CBr. The van der Waals surface area contributed by atoms with E-state index in [1.54, 1.807) is 0 Å². The van der Waals surface area contributed by atoms with Crippen molar-refractivity contribution in [2.75, 3.05) is 5.33 Å². The minimum Gasteiger partial charge on any atom is -0.199 e. The van der Waals surface area contributed by atoms with E-state index in [0.29, 0.717) is 0 Å². The van der Waals surface area contributed by atoms with Gasteiger partial charge < -0.3 is 0 Å². The van der Waals surface area contributed by atoms with Gasteiger partial charge in [0.15, 0.2) is 0 Å². The molecule has 0 N–H and O–H groups in total. The van der Waals surface area contributed by atoms with Crippen molar-refractivity contribution in [2.45, 2.75) is 5.92 Å². The molecule has 1 radical (unpaired) electrons. The molecule has 0 heterocycles. The molecule has 0 aromatic carbocycles. The third-order valence-electron chi connectivity index (χ3n) is 0.444. The van der Waals surface area contributed by atoms with Crippen molar-refractivity contribution in [1.29, 1.82) is 0 Å². The summed E-state index contributed by atoms with van der Waals surface area (Å²) in [5.74, 6) is -3.96. The van der Waals surface area contributed by atoms with Crippen LogP contribution < -0.4 is 0 Å². The van der Waals surface area contributed by atoms with Gasteiger partial charge in [-0.25, -0.2) is 0 Å². The summed E-state index contributed by atoms with van der Waals surface area (Å²) in [5.41, 5.74) is 0. The molecule has 0 aliphatic rings. The van der Waals surface area contributed by atoms with Gasteiger partial charge in [0.2, 0.25) is 0 Å². The lowest BCUT2D eigenvalue weighted by Crippen LogP contribution is -2.21. The Hall–Kier alpha value is 0.200. The summed E-state index contributed by atoms with van der Waals surface area (Å²) in [4.78, 5) is 0. The van der Waals surface area contributed by atoms with E-state index in [1.807, 2.05) is 0 Å². The Morgan fingerprint density at radius 3 is 1.75 bits per heavy atom. The van der Waals surface area contributed by atoms with Crippen LogP contribution in [-0.4, -0.2) is 11.3 Å². The average Bonchev–Trinajstić information content (AvgIpc) is 1.67. The maximum absolute atomic E-state index is 11.4. The van der Waals surface area contributed by atoms with Crippen LogP contribution in [0.5, 0.6) is 0 Å². The van der Waals surface area contributed by atoms with Gasteiger partial charge in [0.1, 0.15) is 0 Å². The van der Waals surface area contributed by atoms with Crippen LogP contribution in [0.2, 0.25) is 0 Å². The van der Waals surface area contributed by atoms with Crippen LogP contribution in [0.3, 0.4) is 0 Å². The lowest BCUT2D eigenvalue weighted by molar-refractivity contribution is -0.0372. The topological polar surface area (TPSA) is 0 Å². The first-order chi connectivity index (χ1) is 3.50. The highest BCUT2D eigenvalue weighted by Crippen LogP contribution is 2.30. The molecule has 5 heteroatoms. The number of hydrogen-bond donors (Lipinski definition) is 0. The van der Waals surface area contributed by atoms with E-state index in [9.17, 15) is 17.6 Å². The minimum absolute atomic E-state index is 1.03. The third-order valence-corrected chi connectivity index (χ3v) is 1.15. The molecule has 0 aromatic rings. The molecule has 0 amide bonds. The largest absolute Gasteiger partial charge is 0.379 e. The first-order valence-electron chi connectivity index (χ1n) is 1.63. The molecule has 8 heavy (non-hydrogen) atoms. The molecule has 49 valence electrons. The Labute approximate surface area is 52.0 Å². The zero-order valence-corrected chi connectivity index (χ0v) is 5.18. The van der Waals surface area contributed by atoms with Crippen molar-refractivity contribution in [2.24, 2.45) is 0 Å². The summed E-state index contributed by atoms with van der Waals surface area (Å²) in [5, 5.41) is -1.03. The lowest BCUT2D eigenvalue weighted by Gasteiger charge is -2.07. The zero-order chi connectivity index (χ0) is 6.78. The third kappa shape index (κ3) is 1.98. The van der Waals surface area contributed by atoms with Gasteiger partial charge in [0.05, 0.1) is 5.33 Å². The Morgan fingerprint density at radius 1 is 1.38 bits per heavy atom. The van der Waals surface area contributed by atoms with Gasteiger partial charge in [-0.05, 0) is 0 Å². The molecular formula is C3H2BrF4. The van der Waals surface area contributed by atoms with Crippen LogP contribution in [0.4, 0.5) is 17.6 Å². The van der Waals surface area contributed by atoms with Crippen molar-refractivity contribution < 1.29 is 17.6 Å². The van der Waals surface area contributed by atoms with Crippen molar-refractivity contribution in [3.05, 3.63) is 6.43 Å². The predicted molar refractivity (Wildman–Crippen MR) is 24.2 cm³/mol. The van der Waals surface area contributed by atoms with Crippen LogP contribution in [0, 0.1) is 6.43 Å². The molecule has 0 saturated heterocycles. The molecule has 0 nitrogen and oxygen atoms in total. The standard InChI is InChI=1S/C3H2BrF4/c4-1-3(7,8)2(5)6/h1H2. The number of alkyl halides is 3. The Bertz CT molecular complexity index is 71.7. The Balaban J connectivity index is 3.71. The summed E-state index contributed by atoms with van der Waals surface area (Å²) in [6, 6.07) is 0. The molecule has 0 unspecified atom stereocenters. The van der Waals surface area contributed by atoms with Crippen molar-refractivity contribution in [3.8, 4) is 0 Å². The number of rotatable bonds is 2. The van der Waals surface area contributed by atoms with E-state index < -0.39 is 17.7 Å². The Kier molecular flexibility index (Phi) is 2.73. The fourth-order valence-electron chi connectivity index (χ4n) is 0.0505. The van der Waals surface area contributed by atoms with Crippen molar-refractivity contribution in [1.82, 2.24) is 0 Å². The predicted octanol–water partition coefficient (Wildman–Crippen LogP) is 2.45. The first kappa shape index (κ1) is 8.20. The second-order valence-corrected chi connectivity index (χ2v) is 1.66. The molecule has 0 spiro atoms. The maximum Gasteiger partial charge on any atom is 0.379 e. The monoisotopic (exact) mass is 193 g/mol. The van der Waals surface area contributed by atoms with Crippen molar-refractivity contribution in [3.63, 3.8) is 0 Å². The van der Waals surface area contributed by atoms with E-state index in [4.69, 9.17) is 0 Å².